The second kappa shape index (κ2) is 6.73. The van der Waals surface area contributed by atoms with E-state index in [4.69, 9.17) is 9.84 Å². The molecule has 0 radical (unpaired) electrons. The lowest BCUT2D eigenvalue weighted by Crippen LogP contribution is -2.39. The molecule has 0 bridgehead atoms. The van der Waals surface area contributed by atoms with Gasteiger partial charge < -0.3 is 14.7 Å². The molecule has 1 aliphatic heterocycles. The summed E-state index contributed by atoms with van der Waals surface area (Å²) in [6.07, 6.45) is 3.09. The lowest BCUT2D eigenvalue weighted by atomic mass is 10.1. The van der Waals surface area contributed by atoms with Crippen LogP contribution in [0.15, 0.2) is 36.8 Å². The molecule has 1 fully saturated rings. The Balaban J connectivity index is 1.63. The molecule has 1 aromatic carbocycles. The zero-order valence-corrected chi connectivity index (χ0v) is 13.5. The average molecular weight is 343 g/mol. The van der Waals surface area contributed by atoms with E-state index in [9.17, 15) is 4.39 Å². The van der Waals surface area contributed by atoms with E-state index in [2.05, 4.69) is 20.0 Å². The molecular weight excluding hydrogens is 325 g/mol. The maximum atomic E-state index is 13.1. The van der Waals surface area contributed by atoms with E-state index in [1.54, 1.807) is 23.0 Å². The molecule has 3 heterocycles. The number of anilines is 1. The number of aliphatic hydroxyl groups excluding tert-OH is 1. The highest BCUT2D eigenvalue weighted by molar-refractivity contribution is 5.86. The number of rotatable bonds is 4. The predicted molar refractivity (Wildman–Crippen MR) is 89.7 cm³/mol. The summed E-state index contributed by atoms with van der Waals surface area (Å²) in [6.45, 7) is 2.26. The molecule has 1 aliphatic rings. The summed E-state index contributed by atoms with van der Waals surface area (Å²) in [5.41, 5.74) is 1.64. The molecule has 4 rings (SSSR count). The first-order chi connectivity index (χ1) is 12.3. The smallest absolute Gasteiger partial charge is 0.163 e. The molecule has 1 saturated heterocycles. The predicted octanol–water partition coefficient (Wildman–Crippen LogP) is 1.54. The highest BCUT2D eigenvalue weighted by Crippen LogP contribution is 2.29. The first-order valence-electron chi connectivity index (χ1n) is 8.15. The van der Waals surface area contributed by atoms with Crippen molar-refractivity contribution in [3.05, 3.63) is 48.2 Å². The van der Waals surface area contributed by atoms with Gasteiger partial charge in [0.2, 0.25) is 0 Å². The molecule has 1 N–H and O–H groups in total. The molecule has 130 valence electrons. The minimum Gasteiger partial charge on any atom is -0.394 e. The lowest BCUT2D eigenvalue weighted by Gasteiger charge is -2.34. The van der Waals surface area contributed by atoms with Crippen LogP contribution in [0.1, 0.15) is 11.7 Å². The van der Waals surface area contributed by atoms with Crippen LogP contribution in [-0.2, 0) is 11.3 Å². The monoisotopic (exact) mass is 343 g/mol. The van der Waals surface area contributed by atoms with E-state index in [0.717, 1.165) is 16.8 Å². The summed E-state index contributed by atoms with van der Waals surface area (Å²) in [7, 11) is 0. The molecule has 0 saturated carbocycles. The van der Waals surface area contributed by atoms with Gasteiger partial charge in [-0.2, -0.15) is 5.10 Å². The van der Waals surface area contributed by atoms with Crippen LogP contribution in [0.5, 0.6) is 0 Å². The zero-order valence-electron chi connectivity index (χ0n) is 13.5. The molecular formula is C17H18FN5O2. The van der Waals surface area contributed by atoms with Crippen molar-refractivity contribution in [2.45, 2.75) is 12.6 Å². The summed E-state index contributed by atoms with van der Waals surface area (Å²) < 4.78 is 20.7. The summed E-state index contributed by atoms with van der Waals surface area (Å²) >= 11 is 0. The summed E-state index contributed by atoms with van der Waals surface area (Å²) in [4.78, 5) is 10.8. The number of benzene rings is 1. The summed E-state index contributed by atoms with van der Waals surface area (Å²) in [5.74, 6) is 0.537. The molecule has 0 aliphatic carbocycles. The Labute approximate surface area is 143 Å². The number of halogens is 1. The van der Waals surface area contributed by atoms with Crippen molar-refractivity contribution in [3.63, 3.8) is 0 Å². The molecule has 3 aromatic rings. The summed E-state index contributed by atoms with van der Waals surface area (Å²) in [5, 5.41) is 14.3. The third-order valence-electron chi connectivity index (χ3n) is 4.33. The molecule has 7 nitrogen and oxygen atoms in total. The van der Waals surface area contributed by atoms with Crippen molar-refractivity contribution in [2.24, 2.45) is 0 Å². The first kappa shape index (κ1) is 15.9. The van der Waals surface area contributed by atoms with Crippen LogP contribution in [0.4, 0.5) is 10.2 Å². The fourth-order valence-corrected chi connectivity index (χ4v) is 3.11. The van der Waals surface area contributed by atoms with E-state index in [-0.39, 0.29) is 18.5 Å². The van der Waals surface area contributed by atoms with Gasteiger partial charge in [-0.05, 0) is 17.7 Å². The number of morpholine rings is 1. The number of ether oxygens (including phenoxy) is 1. The van der Waals surface area contributed by atoms with Crippen molar-refractivity contribution < 1.29 is 14.2 Å². The fourth-order valence-electron chi connectivity index (χ4n) is 3.11. The van der Waals surface area contributed by atoms with Gasteiger partial charge in [0.1, 0.15) is 24.1 Å². The number of nitrogens with zero attached hydrogens (tertiary/aromatic N) is 5. The molecule has 1 unspecified atom stereocenters. The van der Waals surface area contributed by atoms with Crippen molar-refractivity contribution >= 4 is 16.9 Å². The average Bonchev–Trinajstić information content (AvgIpc) is 3.06. The lowest BCUT2D eigenvalue weighted by molar-refractivity contribution is 0.0396. The molecule has 8 heteroatoms. The van der Waals surface area contributed by atoms with Crippen LogP contribution in [0.25, 0.3) is 11.0 Å². The van der Waals surface area contributed by atoms with E-state index in [0.29, 0.717) is 31.9 Å². The Morgan fingerprint density at radius 1 is 1.24 bits per heavy atom. The summed E-state index contributed by atoms with van der Waals surface area (Å²) in [6, 6.07) is 6.38. The SMILES string of the molecule is OCCn1ncc2c(N3CCOC(c4ccc(F)cc4)C3)ncnc21. The van der Waals surface area contributed by atoms with Gasteiger partial charge in [0, 0.05) is 13.1 Å². The molecule has 0 amide bonds. The van der Waals surface area contributed by atoms with Crippen LogP contribution in [0.2, 0.25) is 0 Å². The van der Waals surface area contributed by atoms with Gasteiger partial charge in [0.15, 0.2) is 5.65 Å². The maximum Gasteiger partial charge on any atom is 0.163 e. The normalized spacial score (nSPS) is 18.0. The van der Waals surface area contributed by atoms with Gasteiger partial charge in [-0.25, -0.2) is 19.0 Å². The number of aliphatic hydroxyl groups is 1. The number of fused-ring (bicyclic) bond motifs is 1. The molecule has 25 heavy (non-hydrogen) atoms. The van der Waals surface area contributed by atoms with Gasteiger partial charge in [0.25, 0.3) is 0 Å². The van der Waals surface area contributed by atoms with Crippen LogP contribution in [0.3, 0.4) is 0 Å². The van der Waals surface area contributed by atoms with E-state index in [1.165, 1.54) is 18.5 Å². The molecule has 2 aromatic heterocycles. The zero-order chi connectivity index (χ0) is 17.2. The van der Waals surface area contributed by atoms with Gasteiger partial charge >= 0.3 is 0 Å². The Kier molecular flexibility index (Phi) is 4.29. The Hall–Kier alpha value is -2.58. The first-order valence-corrected chi connectivity index (χ1v) is 8.15. The largest absolute Gasteiger partial charge is 0.394 e. The minimum absolute atomic E-state index is 0.000309. The molecule has 0 spiro atoms. The van der Waals surface area contributed by atoms with Gasteiger partial charge in [-0.3, -0.25) is 0 Å². The van der Waals surface area contributed by atoms with E-state index >= 15 is 0 Å². The maximum absolute atomic E-state index is 13.1. The topological polar surface area (TPSA) is 76.3 Å². The third-order valence-corrected chi connectivity index (χ3v) is 4.33. The Bertz CT molecular complexity index is 867. The van der Waals surface area contributed by atoms with Crippen molar-refractivity contribution in [1.29, 1.82) is 0 Å². The number of hydrogen-bond acceptors (Lipinski definition) is 6. The molecule has 1 atom stereocenters. The second-order valence-electron chi connectivity index (χ2n) is 5.88. The van der Waals surface area contributed by atoms with E-state index in [1.807, 2.05) is 0 Å². The standard InChI is InChI=1S/C17H18FN5O2/c18-13-3-1-12(2-4-13)15-10-22(6-8-25-15)16-14-9-21-23(5-7-24)17(14)20-11-19-16/h1-4,9,11,15,24H,5-8,10H2. The highest BCUT2D eigenvalue weighted by Gasteiger charge is 2.25. The van der Waals surface area contributed by atoms with Crippen molar-refractivity contribution in [1.82, 2.24) is 19.7 Å². The minimum atomic E-state index is -0.259. The third kappa shape index (κ3) is 3.06. The van der Waals surface area contributed by atoms with Crippen molar-refractivity contribution in [3.8, 4) is 0 Å². The number of aromatic nitrogens is 4. The quantitative estimate of drug-likeness (QED) is 0.774. The van der Waals surface area contributed by atoms with Gasteiger partial charge in [0.05, 0.1) is 31.3 Å². The van der Waals surface area contributed by atoms with Crippen molar-refractivity contribution in [2.75, 3.05) is 31.2 Å². The van der Waals surface area contributed by atoms with Gasteiger partial charge in [-0.15, -0.1) is 0 Å². The fraction of sp³-hybridized carbons (Fsp3) is 0.353. The Morgan fingerprint density at radius 3 is 2.88 bits per heavy atom. The van der Waals surface area contributed by atoms with E-state index < -0.39 is 0 Å². The second-order valence-corrected chi connectivity index (χ2v) is 5.88. The van der Waals surface area contributed by atoms with Crippen LogP contribution in [0, 0.1) is 5.82 Å². The van der Waals surface area contributed by atoms with Crippen LogP contribution >= 0.6 is 0 Å². The highest BCUT2D eigenvalue weighted by atomic mass is 19.1. The van der Waals surface area contributed by atoms with Crippen LogP contribution in [-0.4, -0.2) is 51.2 Å². The number of hydrogen-bond donors (Lipinski definition) is 1. The van der Waals surface area contributed by atoms with Crippen LogP contribution < -0.4 is 4.90 Å². The van der Waals surface area contributed by atoms with Gasteiger partial charge in [-0.1, -0.05) is 12.1 Å². The Morgan fingerprint density at radius 2 is 2.08 bits per heavy atom.